The van der Waals surface area contributed by atoms with Crippen molar-refractivity contribution in [3.63, 3.8) is 0 Å². The molecule has 0 amide bonds. The fraction of sp³-hybridized carbons (Fsp3) is 1.00. The molecule has 0 radical (unpaired) electrons. The lowest BCUT2D eigenvalue weighted by Crippen LogP contribution is -1.97. The van der Waals surface area contributed by atoms with E-state index < -0.39 is 7.60 Å². The SMILES string of the molecule is CCCCCCCCCCOP(=O)(O)CCCCCC. The van der Waals surface area contributed by atoms with Crippen LogP contribution < -0.4 is 0 Å². The zero-order valence-electron chi connectivity index (χ0n) is 13.6. The molecule has 0 heterocycles. The van der Waals surface area contributed by atoms with E-state index in [9.17, 15) is 9.46 Å². The highest BCUT2D eigenvalue weighted by Crippen LogP contribution is 2.43. The Labute approximate surface area is 126 Å². The van der Waals surface area contributed by atoms with E-state index in [0.717, 1.165) is 38.5 Å². The molecular weight excluding hydrogens is 271 g/mol. The molecule has 0 aliphatic heterocycles. The third kappa shape index (κ3) is 14.6. The van der Waals surface area contributed by atoms with E-state index in [2.05, 4.69) is 13.8 Å². The van der Waals surface area contributed by atoms with Crippen LogP contribution in [-0.2, 0) is 9.09 Å². The van der Waals surface area contributed by atoms with Gasteiger partial charge in [-0.15, -0.1) is 0 Å². The van der Waals surface area contributed by atoms with Gasteiger partial charge in [-0.25, -0.2) is 0 Å². The zero-order chi connectivity index (χ0) is 15.1. The molecule has 1 N–H and O–H groups in total. The van der Waals surface area contributed by atoms with Crippen LogP contribution in [0.2, 0.25) is 0 Å². The highest BCUT2D eigenvalue weighted by molar-refractivity contribution is 7.52. The van der Waals surface area contributed by atoms with Crippen LogP contribution in [0.4, 0.5) is 0 Å². The Morgan fingerprint density at radius 3 is 1.75 bits per heavy atom. The first-order valence-corrected chi connectivity index (χ1v) is 10.3. The minimum absolute atomic E-state index is 0.323. The van der Waals surface area contributed by atoms with Gasteiger partial charge in [0.15, 0.2) is 0 Å². The Morgan fingerprint density at radius 1 is 0.750 bits per heavy atom. The first kappa shape index (κ1) is 20.1. The van der Waals surface area contributed by atoms with Crippen molar-refractivity contribution in [2.75, 3.05) is 12.8 Å². The van der Waals surface area contributed by atoms with Crippen molar-refractivity contribution < 1.29 is 14.0 Å². The lowest BCUT2D eigenvalue weighted by molar-refractivity contribution is 0.252. The van der Waals surface area contributed by atoms with Gasteiger partial charge in [0.05, 0.1) is 6.61 Å². The molecule has 0 aromatic rings. The van der Waals surface area contributed by atoms with E-state index in [-0.39, 0.29) is 0 Å². The van der Waals surface area contributed by atoms with Crippen molar-refractivity contribution in [1.82, 2.24) is 0 Å². The molecule has 0 rings (SSSR count). The van der Waals surface area contributed by atoms with Crippen molar-refractivity contribution in [3.05, 3.63) is 0 Å². The van der Waals surface area contributed by atoms with Crippen LogP contribution in [0.3, 0.4) is 0 Å². The lowest BCUT2D eigenvalue weighted by atomic mass is 10.1. The van der Waals surface area contributed by atoms with Crippen molar-refractivity contribution in [1.29, 1.82) is 0 Å². The first-order chi connectivity index (χ1) is 9.62. The van der Waals surface area contributed by atoms with Crippen LogP contribution in [-0.4, -0.2) is 17.7 Å². The Kier molecular flexibility index (Phi) is 14.2. The average Bonchev–Trinajstić information content (AvgIpc) is 2.42. The van der Waals surface area contributed by atoms with Crippen LogP contribution in [0.1, 0.15) is 90.9 Å². The average molecular weight is 306 g/mol. The molecule has 0 fully saturated rings. The van der Waals surface area contributed by atoms with Gasteiger partial charge in [0.1, 0.15) is 0 Å². The van der Waals surface area contributed by atoms with E-state index in [1.54, 1.807) is 0 Å². The van der Waals surface area contributed by atoms with Crippen LogP contribution in [0, 0.1) is 0 Å². The molecule has 0 aliphatic rings. The molecule has 1 atom stereocenters. The largest absolute Gasteiger partial charge is 0.328 e. The van der Waals surface area contributed by atoms with Crippen molar-refractivity contribution in [2.45, 2.75) is 90.9 Å². The fourth-order valence-electron chi connectivity index (χ4n) is 2.25. The van der Waals surface area contributed by atoms with Gasteiger partial charge in [-0.1, -0.05) is 78.1 Å². The van der Waals surface area contributed by atoms with Gasteiger partial charge < -0.3 is 9.42 Å². The highest BCUT2D eigenvalue weighted by Gasteiger charge is 2.17. The summed E-state index contributed by atoms with van der Waals surface area (Å²) in [7, 11) is -3.30. The van der Waals surface area contributed by atoms with Gasteiger partial charge in [-0.2, -0.15) is 0 Å². The molecule has 4 heteroatoms. The lowest BCUT2D eigenvalue weighted by Gasteiger charge is -2.11. The summed E-state index contributed by atoms with van der Waals surface area (Å²) in [6, 6.07) is 0. The molecule has 0 bridgehead atoms. The Bertz CT molecular complexity index is 244. The summed E-state index contributed by atoms with van der Waals surface area (Å²) in [6.07, 6.45) is 14.3. The van der Waals surface area contributed by atoms with Gasteiger partial charge in [0.25, 0.3) is 0 Å². The maximum atomic E-state index is 11.7. The second kappa shape index (κ2) is 14.1. The molecule has 0 saturated heterocycles. The van der Waals surface area contributed by atoms with Crippen LogP contribution in [0.25, 0.3) is 0 Å². The fourth-order valence-corrected chi connectivity index (χ4v) is 3.41. The van der Waals surface area contributed by atoms with Crippen molar-refractivity contribution in [3.8, 4) is 0 Å². The number of hydrogen-bond donors (Lipinski definition) is 1. The molecular formula is C16H35O3P. The van der Waals surface area contributed by atoms with Crippen molar-refractivity contribution >= 4 is 7.60 Å². The molecule has 3 nitrogen and oxygen atoms in total. The maximum Gasteiger partial charge on any atom is 0.328 e. The summed E-state index contributed by atoms with van der Waals surface area (Å²) >= 11 is 0. The quantitative estimate of drug-likeness (QED) is 0.302. The Morgan fingerprint density at radius 2 is 1.20 bits per heavy atom. The van der Waals surface area contributed by atoms with Crippen LogP contribution >= 0.6 is 7.60 Å². The van der Waals surface area contributed by atoms with Crippen LogP contribution in [0.15, 0.2) is 0 Å². The number of rotatable bonds is 15. The van der Waals surface area contributed by atoms with Gasteiger partial charge in [-0.3, -0.25) is 4.57 Å². The van der Waals surface area contributed by atoms with E-state index in [4.69, 9.17) is 4.52 Å². The first-order valence-electron chi connectivity index (χ1n) is 8.58. The standard InChI is InChI=1S/C16H35O3P/c1-3-5-7-9-10-11-12-13-15-19-20(17,18)16-14-8-6-4-2/h3-16H2,1-2H3,(H,17,18). The normalized spacial score (nSPS) is 14.3. The van der Waals surface area contributed by atoms with E-state index in [1.165, 1.54) is 38.5 Å². The van der Waals surface area contributed by atoms with E-state index in [1.807, 2.05) is 0 Å². The van der Waals surface area contributed by atoms with Gasteiger partial charge >= 0.3 is 7.60 Å². The van der Waals surface area contributed by atoms with E-state index >= 15 is 0 Å². The number of unbranched alkanes of at least 4 members (excludes halogenated alkanes) is 10. The number of hydrogen-bond acceptors (Lipinski definition) is 2. The molecule has 0 spiro atoms. The minimum Gasteiger partial charge on any atom is -0.324 e. The van der Waals surface area contributed by atoms with Gasteiger partial charge in [0, 0.05) is 6.16 Å². The van der Waals surface area contributed by atoms with Gasteiger partial charge in [-0.05, 0) is 12.8 Å². The predicted molar refractivity (Wildman–Crippen MR) is 87.4 cm³/mol. The summed E-state index contributed by atoms with van der Waals surface area (Å²) in [5.74, 6) is 0. The zero-order valence-corrected chi connectivity index (χ0v) is 14.5. The summed E-state index contributed by atoms with van der Waals surface area (Å²) < 4.78 is 16.9. The Balaban J connectivity index is 3.33. The minimum atomic E-state index is -3.30. The molecule has 0 aromatic carbocycles. The molecule has 0 aliphatic carbocycles. The summed E-state index contributed by atoms with van der Waals surface area (Å²) in [4.78, 5) is 9.65. The second-order valence-electron chi connectivity index (χ2n) is 5.73. The Hall–Kier alpha value is 0.150. The molecule has 0 aromatic heterocycles. The summed E-state index contributed by atoms with van der Waals surface area (Å²) in [5, 5.41) is 0. The summed E-state index contributed by atoms with van der Waals surface area (Å²) in [5.41, 5.74) is 0. The molecule has 122 valence electrons. The highest BCUT2D eigenvalue weighted by atomic mass is 31.2. The van der Waals surface area contributed by atoms with Crippen molar-refractivity contribution in [2.24, 2.45) is 0 Å². The van der Waals surface area contributed by atoms with Crippen LogP contribution in [0.5, 0.6) is 0 Å². The topological polar surface area (TPSA) is 46.5 Å². The third-order valence-corrected chi connectivity index (χ3v) is 5.05. The van der Waals surface area contributed by atoms with Gasteiger partial charge in [0.2, 0.25) is 0 Å². The molecule has 1 unspecified atom stereocenters. The monoisotopic (exact) mass is 306 g/mol. The predicted octanol–water partition coefficient (Wildman–Crippen LogP) is 5.91. The smallest absolute Gasteiger partial charge is 0.324 e. The maximum absolute atomic E-state index is 11.7. The second-order valence-corrected chi connectivity index (χ2v) is 7.71. The molecule has 0 saturated carbocycles. The molecule has 20 heavy (non-hydrogen) atoms. The third-order valence-electron chi connectivity index (χ3n) is 3.59. The van der Waals surface area contributed by atoms with E-state index in [0.29, 0.717) is 12.8 Å². The summed E-state index contributed by atoms with van der Waals surface area (Å²) in [6.45, 7) is 4.81.